The van der Waals surface area contributed by atoms with Crippen LogP contribution >= 0.6 is 0 Å². The Kier molecular flexibility index (Phi) is 3.19. The fourth-order valence-electron chi connectivity index (χ4n) is 1.61. The molecule has 86 valence electrons. The lowest BCUT2D eigenvalue weighted by atomic mass is 10.0. The maximum absolute atomic E-state index is 13.1. The van der Waals surface area contributed by atoms with E-state index in [1.165, 1.54) is 19.2 Å². The van der Waals surface area contributed by atoms with Gasteiger partial charge in [0.05, 0.1) is 12.7 Å². The molecule has 0 unspecified atom stereocenters. The SMILES string of the molecule is COC(=O)c1cccc(-c2cccc(F)c2)c1. The van der Waals surface area contributed by atoms with E-state index in [2.05, 4.69) is 4.74 Å². The number of rotatable bonds is 2. The van der Waals surface area contributed by atoms with Crippen molar-refractivity contribution in [1.29, 1.82) is 0 Å². The van der Waals surface area contributed by atoms with Crippen LogP contribution in [0, 0.1) is 5.82 Å². The first-order valence-electron chi connectivity index (χ1n) is 5.15. The Hall–Kier alpha value is -2.16. The van der Waals surface area contributed by atoms with Crippen LogP contribution in [0.15, 0.2) is 48.5 Å². The number of methoxy groups -OCH3 is 1. The summed E-state index contributed by atoms with van der Waals surface area (Å²) in [7, 11) is 1.33. The number of carbonyl (C=O) groups is 1. The molecule has 0 bridgehead atoms. The average molecular weight is 230 g/mol. The summed E-state index contributed by atoms with van der Waals surface area (Å²) in [6, 6.07) is 13.1. The van der Waals surface area contributed by atoms with Crippen LogP contribution in [0.5, 0.6) is 0 Å². The third-order valence-electron chi connectivity index (χ3n) is 2.44. The lowest BCUT2D eigenvalue weighted by molar-refractivity contribution is 0.0601. The number of carbonyl (C=O) groups excluding carboxylic acids is 1. The first-order valence-corrected chi connectivity index (χ1v) is 5.15. The van der Waals surface area contributed by atoms with Crippen LogP contribution in [0.3, 0.4) is 0 Å². The summed E-state index contributed by atoms with van der Waals surface area (Å²) in [6.07, 6.45) is 0. The monoisotopic (exact) mass is 230 g/mol. The van der Waals surface area contributed by atoms with Gasteiger partial charge in [0.15, 0.2) is 0 Å². The van der Waals surface area contributed by atoms with Gasteiger partial charge in [-0.25, -0.2) is 9.18 Å². The molecule has 2 aromatic carbocycles. The van der Waals surface area contributed by atoms with Crippen LogP contribution in [0.2, 0.25) is 0 Å². The highest BCUT2D eigenvalue weighted by Crippen LogP contribution is 2.21. The van der Waals surface area contributed by atoms with Gasteiger partial charge < -0.3 is 4.74 Å². The summed E-state index contributed by atoms with van der Waals surface area (Å²) >= 11 is 0. The Morgan fingerprint density at radius 3 is 2.35 bits per heavy atom. The van der Waals surface area contributed by atoms with Crippen molar-refractivity contribution in [2.45, 2.75) is 0 Å². The molecule has 0 fully saturated rings. The Balaban J connectivity index is 2.43. The quantitative estimate of drug-likeness (QED) is 0.740. The smallest absolute Gasteiger partial charge is 0.337 e. The molecule has 0 aliphatic carbocycles. The van der Waals surface area contributed by atoms with E-state index in [1.54, 1.807) is 30.3 Å². The van der Waals surface area contributed by atoms with Crippen molar-refractivity contribution >= 4 is 5.97 Å². The number of halogens is 1. The molecular weight excluding hydrogens is 219 g/mol. The molecule has 0 saturated carbocycles. The largest absolute Gasteiger partial charge is 0.465 e. The molecular formula is C14H11FO2. The summed E-state index contributed by atoms with van der Waals surface area (Å²) < 4.78 is 17.7. The minimum atomic E-state index is -0.400. The Morgan fingerprint density at radius 1 is 1.06 bits per heavy atom. The normalized spacial score (nSPS) is 10.0. The van der Waals surface area contributed by atoms with Gasteiger partial charge >= 0.3 is 5.97 Å². The van der Waals surface area contributed by atoms with Gasteiger partial charge in [0.25, 0.3) is 0 Å². The molecule has 0 aliphatic heterocycles. The maximum atomic E-state index is 13.1. The molecule has 0 N–H and O–H groups in total. The van der Waals surface area contributed by atoms with E-state index in [4.69, 9.17) is 0 Å². The van der Waals surface area contributed by atoms with Crippen LogP contribution < -0.4 is 0 Å². The Morgan fingerprint density at radius 2 is 1.71 bits per heavy atom. The maximum Gasteiger partial charge on any atom is 0.337 e. The van der Waals surface area contributed by atoms with Crippen molar-refractivity contribution in [2.75, 3.05) is 7.11 Å². The van der Waals surface area contributed by atoms with Crippen molar-refractivity contribution in [3.8, 4) is 11.1 Å². The van der Waals surface area contributed by atoms with E-state index < -0.39 is 5.97 Å². The van der Waals surface area contributed by atoms with Crippen molar-refractivity contribution in [3.63, 3.8) is 0 Å². The fraction of sp³-hybridized carbons (Fsp3) is 0.0714. The van der Waals surface area contributed by atoms with Crippen LogP contribution in [-0.2, 0) is 4.74 Å². The van der Waals surface area contributed by atoms with Crippen molar-refractivity contribution in [1.82, 2.24) is 0 Å². The number of benzene rings is 2. The number of hydrogen-bond donors (Lipinski definition) is 0. The van der Waals surface area contributed by atoms with Crippen LogP contribution in [0.4, 0.5) is 4.39 Å². The standard InChI is InChI=1S/C14H11FO2/c1-17-14(16)12-6-2-4-10(8-12)11-5-3-7-13(15)9-11/h2-9H,1H3. The van der Waals surface area contributed by atoms with Gasteiger partial charge in [-0.2, -0.15) is 0 Å². The minimum Gasteiger partial charge on any atom is -0.465 e. The molecule has 0 amide bonds. The van der Waals surface area contributed by atoms with E-state index >= 15 is 0 Å². The zero-order chi connectivity index (χ0) is 12.3. The molecule has 0 saturated heterocycles. The van der Waals surface area contributed by atoms with Crippen LogP contribution in [-0.4, -0.2) is 13.1 Å². The van der Waals surface area contributed by atoms with Crippen molar-refractivity contribution in [2.24, 2.45) is 0 Å². The lowest BCUT2D eigenvalue weighted by Crippen LogP contribution is -2.00. The molecule has 0 spiro atoms. The highest BCUT2D eigenvalue weighted by molar-refractivity contribution is 5.90. The molecule has 3 heteroatoms. The molecule has 2 aromatic rings. The highest BCUT2D eigenvalue weighted by atomic mass is 19.1. The van der Waals surface area contributed by atoms with Crippen LogP contribution in [0.25, 0.3) is 11.1 Å². The second-order valence-corrected chi connectivity index (χ2v) is 3.58. The summed E-state index contributed by atoms with van der Waals surface area (Å²) in [5, 5.41) is 0. The van der Waals surface area contributed by atoms with E-state index in [0.29, 0.717) is 5.56 Å². The van der Waals surface area contributed by atoms with Gasteiger partial charge in [-0.1, -0.05) is 24.3 Å². The van der Waals surface area contributed by atoms with Gasteiger partial charge in [0.2, 0.25) is 0 Å². The van der Waals surface area contributed by atoms with Crippen LogP contribution in [0.1, 0.15) is 10.4 Å². The second-order valence-electron chi connectivity index (χ2n) is 3.58. The van der Waals surface area contributed by atoms with E-state index in [0.717, 1.165) is 11.1 Å². The van der Waals surface area contributed by atoms with Crippen molar-refractivity contribution < 1.29 is 13.9 Å². The van der Waals surface area contributed by atoms with E-state index in [-0.39, 0.29) is 5.82 Å². The predicted octanol–water partition coefficient (Wildman–Crippen LogP) is 3.28. The Bertz CT molecular complexity index is 549. The van der Waals surface area contributed by atoms with Gasteiger partial charge in [-0.3, -0.25) is 0 Å². The zero-order valence-electron chi connectivity index (χ0n) is 9.31. The number of esters is 1. The van der Waals surface area contributed by atoms with Gasteiger partial charge in [0.1, 0.15) is 5.82 Å². The molecule has 0 heterocycles. The molecule has 0 atom stereocenters. The molecule has 0 radical (unpaired) electrons. The fourth-order valence-corrected chi connectivity index (χ4v) is 1.61. The third-order valence-corrected chi connectivity index (χ3v) is 2.44. The summed E-state index contributed by atoms with van der Waals surface area (Å²) in [5.41, 5.74) is 1.97. The summed E-state index contributed by atoms with van der Waals surface area (Å²) in [6.45, 7) is 0. The molecule has 2 rings (SSSR count). The molecule has 17 heavy (non-hydrogen) atoms. The second kappa shape index (κ2) is 4.78. The number of hydrogen-bond acceptors (Lipinski definition) is 2. The third kappa shape index (κ3) is 2.50. The Labute approximate surface area is 98.7 Å². The van der Waals surface area contributed by atoms with Crippen molar-refractivity contribution in [3.05, 3.63) is 59.9 Å². The zero-order valence-corrected chi connectivity index (χ0v) is 9.31. The van der Waals surface area contributed by atoms with Gasteiger partial charge in [-0.05, 0) is 35.4 Å². The predicted molar refractivity (Wildman–Crippen MR) is 63.2 cm³/mol. The molecule has 2 nitrogen and oxygen atoms in total. The van der Waals surface area contributed by atoms with Gasteiger partial charge in [0, 0.05) is 0 Å². The molecule has 0 aromatic heterocycles. The molecule has 0 aliphatic rings. The summed E-state index contributed by atoms with van der Waals surface area (Å²) in [5.74, 6) is -0.700. The number of ether oxygens (including phenoxy) is 1. The lowest BCUT2D eigenvalue weighted by Gasteiger charge is -2.04. The average Bonchev–Trinajstić information content (AvgIpc) is 2.38. The topological polar surface area (TPSA) is 26.3 Å². The first kappa shape index (κ1) is 11.3. The van der Waals surface area contributed by atoms with E-state index in [9.17, 15) is 9.18 Å². The van der Waals surface area contributed by atoms with E-state index in [1.807, 2.05) is 6.07 Å². The summed E-state index contributed by atoms with van der Waals surface area (Å²) in [4.78, 5) is 11.4. The van der Waals surface area contributed by atoms with Gasteiger partial charge in [-0.15, -0.1) is 0 Å². The highest BCUT2D eigenvalue weighted by Gasteiger charge is 2.06. The minimum absolute atomic E-state index is 0.300. The first-order chi connectivity index (χ1) is 8.20.